The van der Waals surface area contributed by atoms with E-state index in [1.807, 2.05) is 6.07 Å². The molecular formula is C21H22ClF2NO. The molecule has 5 heteroatoms. The quantitative estimate of drug-likeness (QED) is 0.769. The molecule has 2 aliphatic carbocycles. The number of rotatable bonds is 1. The van der Waals surface area contributed by atoms with Crippen LogP contribution >= 0.6 is 12.4 Å². The summed E-state index contributed by atoms with van der Waals surface area (Å²) in [4.78, 5) is 11.3. The van der Waals surface area contributed by atoms with E-state index < -0.39 is 0 Å². The van der Waals surface area contributed by atoms with Gasteiger partial charge in [-0.3, -0.25) is 4.79 Å². The highest BCUT2D eigenvalue weighted by atomic mass is 35.5. The van der Waals surface area contributed by atoms with E-state index in [4.69, 9.17) is 5.73 Å². The highest BCUT2D eigenvalue weighted by molar-refractivity contribution is 5.98. The summed E-state index contributed by atoms with van der Waals surface area (Å²) in [6.45, 7) is 0.540. The van der Waals surface area contributed by atoms with Gasteiger partial charge >= 0.3 is 0 Å². The Bertz CT molecular complexity index is 833. The molecule has 2 aliphatic rings. The molecule has 0 heterocycles. The molecule has 0 radical (unpaired) electrons. The van der Waals surface area contributed by atoms with E-state index in [2.05, 4.69) is 6.08 Å². The van der Waals surface area contributed by atoms with Gasteiger partial charge in [-0.1, -0.05) is 12.1 Å². The Kier molecular flexibility index (Phi) is 7.06. The maximum atomic E-state index is 12.9. The summed E-state index contributed by atoms with van der Waals surface area (Å²) in [5.74, 6) is -0.253. The number of halogens is 3. The minimum absolute atomic E-state index is 0. The van der Waals surface area contributed by atoms with E-state index in [-0.39, 0.29) is 29.8 Å². The van der Waals surface area contributed by atoms with Gasteiger partial charge in [-0.15, -0.1) is 12.4 Å². The first kappa shape index (κ1) is 20.3. The first-order valence-electron chi connectivity index (χ1n) is 8.58. The molecule has 0 aliphatic heterocycles. The molecule has 2 N–H and O–H groups in total. The SMILES string of the molecule is Cl.NCC1=CCCc2cc(F)ccc21.O=C1CCCc2cc(F)ccc21. The van der Waals surface area contributed by atoms with E-state index in [1.54, 1.807) is 12.1 Å². The molecule has 2 aromatic carbocycles. The van der Waals surface area contributed by atoms with Crippen molar-refractivity contribution in [2.24, 2.45) is 5.73 Å². The molecule has 2 aromatic rings. The van der Waals surface area contributed by atoms with Gasteiger partial charge in [0.1, 0.15) is 11.6 Å². The van der Waals surface area contributed by atoms with Crippen molar-refractivity contribution in [2.45, 2.75) is 32.1 Å². The summed E-state index contributed by atoms with van der Waals surface area (Å²) < 4.78 is 25.6. The monoisotopic (exact) mass is 377 g/mol. The Hall–Kier alpha value is -2.04. The van der Waals surface area contributed by atoms with Crippen LogP contribution in [0.3, 0.4) is 0 Å². The second-order valence-electron chi connectivity index (χ2n) is 6.35. The van der Waals surface area contributed by atoms with Crippen LogP contribution in [0.25, 0.3) is 5.57 Å². The summed E-state index contributed by atoms with van der Waals surface area (Å²) in [7, 11) is 0. The number of carbonyl (C=O) groups excluding carboxylic acids is 1. The van der Waals surface area contributed by atoms with Crippen LogP contribution in [0, 0.1) is 11.6 Å². The number of aryl methyl sites for hydroxylation is 2. The maximum absolute atomic E-state index is 12.9. The van der Waals surface area contributed by atoms with Gasteiger partial charge in [0, 0.05) is 18.5 Å². The van der Waals surface area contributed by atoms with Gasteiger partial charge in [0.2, 0.25) is 0 Å². The van der Waals surface area contributed by atoms with E-state index in [0.717, 1.165) is 47.9 Å². The second kappa shape index (κ2) is 9.06. The molecule has 0 amide bonds. The molecule has 138 valence electrons. The van der Waals surface area contributed by atoms with Crippen molar-refractivity contribution in [3.8, 4) is 0 Å². The third-order valence-electron chi connectivity index (χ3n) is 4.66. The van der Waals surface area contributed by atoms with Crippen LogP contribution < -0.4 is 5.73 Å². The molecule has 2 nitrogen and oxygen atoms in total. The number of hydrogen-bond donors (Lipinski definition) is 1. The van der Waals surface area contributed by atoms with E-state index in [1.165, 1.54) is 18.2 Å². The largest absolute Gasteiger partial charge is 0.326 e. The fourth-order valence-corrected chi connectivity index (χ4v) is 3.40. The normalized spacial score (nSPS) is 14.9. The molecule has 26 heavy (non-hydrogen) atoms. The van der Waals surface area contributed by atoms with Crippen molar-refractivity contribution in [1.29, 1.82) is 0 Å². The molecule has 0 bridgehead atoms. The Balaban J connectivity index is 0.000000180. The number of benzene rings is 2. The molecular weight excluding hydrogens is 356 g/mol. The zero-order valence-corrected chi connectivity index (χ0v) is 15.3. The van der Waals surface area contributed by atoms with E-state index >= 15 is 0 Å². The van der Waals surface area contributed by atoms with Crippen molar-refractivity contribution in [3.63, 3.8) is 0 Å². The predicted molar refractivity (Wildman–Crippen MR) is 103 cm³/mol. The summed E-state index contributed by atoms with van der Waals surface area (Å²) in [5.41, 5.74) is 10.5. The molecule has 4 rings (SSSR count). The molecule has 0 unspecified atom stereocenters. The topological polar surface area (TPSA) is 43.1 Å². The molecule has 0 fully saturated rings. The highest BCUT2D eigenvalue weighted by Crippen LogP contribution is 2.26. The summed E-state index contributed by atoms with van der Waals surface area (Å²) >= 11 is 0. The van der Waals surface area contributed by atoms with Crippen LogP contribution in [0.1, 0.15) is 46.3 Å². The van der Waals surface area contributed by atoms with Gasteiger partial charge in [0.05, 0.1) is 0 Å². The lowest BCUT2D eigenvalue weighted by Gasteiger charge is -2.16. The van der Waals surface area contributed by atoms with Crippen molar-refractivity contribution < 1.29 is 13.6 Å². The molecule has 0 atom stereocenters. The smallest absolute Gasteiger partial charge is 0.163 e. The number of fused-ring (bicyclic) bond motifs is 2. The summed E-state index contributed by atoms with van der Waals surface area (Å²) in [5, 5.41) is 0. The summed E-state index contributed by atoms with van der Waals surface area (Å²) in [6.07, 6.45) is 6.34. The highest BCUT2D eigenvalue weighted by Gasteiger charge is 2.16. The Morgan fingerprint density at radius 1 is 0.885 bits per heavy atom. The van der Waals surface area contributed by atoms with Gasteiger partial charge in [-0.2, -0.15) is 0 Å². The van der Waals surface area contributed by atoms with Crippen molar-refractivity contribution >= 4 is 23.8 Å². The molecule has 0 spiro atoms. The third-order valence-corrected chi connectivity index (χ3v) is 4.66. The lowest BCUT2D eigenvalue weighted by molar-refractivity contribution is 0.0972. The van der Waals surface area contributed by atoms with E-state index in [9.17, 15) is 13.6 Å². The first-order valence-corrected chi connectivity index (χ1v) is 8.58. The number of carbonyl (C=O) groups is 1. The lowest BCUT2D eigenvalue weighted by Crippen LogP contribution is -2.10. The zero-order valence-electron chi connectivity index (χ0n) is 14.4. The van der Waals surface area contributed by atoms with Crippen LogP contribution in [0.5, 0.6) is 0 Å². The predicted octanol–water partition coefficient (Wildman–Crippen LogP) is 4.88. The molecule has 0 aromatic heterocycles. The van der Waals surface area contributed by atoms with Crippen LogP contribution in [0.2, 0.25) is 0 Å². The minimum atomic E-state index is -0.247. The summed E-state index contributed by atoms with van der Waals surface area (Å²) in [6, 6.07) is 9.33. The third kappa shape index (κ3) is 4.57. The van der Waals surface area contributed by atoms with Crippen LogP contribution in [0.4, 0.5) is 8.78 Å². The second-order valence-corrected chi connectivity index (χ2v) is 6.35. The van der Waals surface area contributed by atoms with E-state index in [0.29, 0.717) is 18.5 Å². The van der Waals surface area contributed by atoms with Gasteiger partial charge in [-0.05, 0) is 78.3 Å². The Labute approximate surface area is 158 Å². The number of ketones is 1. The van der Waals surface area contributed by atoms with Crippen molar-refractivity contribution in [1.82, 2.24) is 0 Å². The molecule has 0 saturated heterocycles. The number of nitrogens with two attached hydrogens (primary N) is 1. The maximum Gasteiger partial charge on any atom is 0.163 e. The average Bonchev–Trinajstić information content (AvgIpc) is 2.61. The number of Topliss-reactive ketones (excluding diaryl/α,β-unsaturated/α-hetero) is 1. The van der Waals surface area contributed by atoms with Gasteiger partial charge in [0.25, 0.3) is 0 Å². The fraction of sp³-hybridized carbons (Fsp3) is 0.286. The molecule has 0 saturated carbocycles. The first-order chi connectivity index (χ1) is 12.1. The zero-order chi connectivity index (χ0) is 17.8. The number of hydrogen-bond acceptors (Lipinski definition) is 2. The minimum Gasteiger partial charge on any atom is -0.326 e. The van der Waals surface area contributed by atoms with Crippen molar-refractivity contribution in [2.75, 3.05) is 6.54 Å². The van der Waals surface area contributed by atoms with Gasteiger partial charge in [-0.25, -0.2) is 8.78 Å². The van der Waals surface area contributed by atoms with Crippen LogP contribution in [0.15, 0.2) is 42.5 Å². The van der Waals surface area contributed by atoms with Crippen LogP contribution in [-0.2, 0) is 12.8 Å². The fourth-order valence-electron chi connectivity index (χ4n) is 3.40. The standard InChI is InChI=1S/C11H12FN.C10H9FO.ClH/c12-10-4-5-11-8(6-10)2-1-3-9(11)7-13;11-8-4-5-9-7(6-8)2-1-3-10(9)12;/h3-6H,1-2,7,13H2;4-6H,1-3H2;1H. The van der Waals surface area contributed by atoms with Crippen molar-refractivity contribution in [3.05, 3.63) is 76.4 Å². The number of allylic oxidation sites excluding steroid dienone is 1. The Morgan fingerprint density at radius 3 is 2.15 bits per heavy atom. The van der Waals surface area contributed by atoms with Crippen LogP contribution in [-0.4, -0.2) is 12.3 Å². The average molecular weight is 378 g/mol. The lowest BCUT2D eigenvalue weighted by atomic mass is 9.91. The van der Waals surface area contributed by atoms with Gasteiger partial charge in [0.15, 0.2) is 5.78 Å². The van der Waals surface area contributed by atoms with Gasteiger partial charge < -0.3 is 5.73 Å². The Morgan fingerprint density at radius 2 is 1.50 bits per heavy atom.